The lowest BCUT2D eigenvalue weighted by atomic mass is 10.1. The van der Waals surface area contributed by atoms with Crippen molar-refractivity contribution in [2.24, 2.45) is 0 Å². The van der Waals surface area contributed by atoms with E-state index in [4.69, 9.17) is 5.11 Å². The molecule has 7 nitrogen and oxygen atoms in total. The van der Waals surface area contributed by atoms with Crippen LogP contribution >= 0.6 is 0 Å². The Morgan fingerprint density at radius 3 is 2.40 bits per heavy atom. The van der Waals surface area contributed by atoms with Crippen molar-refractivity contribution in [3.05, 3.63) is 42.5 Å². The molecule has 1 saturated carbocycles. The van der Waals surface area contributed by atoms with Gasteiger partial charge >= 0.3 is 5.97 Å². The van der Waals surface area contributed by atoms with E-state index < -0.39 is 27.4 Å². The molecule has 1 aliphatic rings. The Kier molecular flexibility index (Phi) is 4.49. The molecule has 3 rings (SSSR count). The summed E-state index contributed by atoms with van der Waals surface area (Å²) < 4.78 is 27.0. The number of carbonyl (C=O) groups excluding carboxylic acids is 1. The molecule has 0 aliphatic heterocycles. The zero-order valence-electron chi connectivity index (χ0n) is 13.4. The molecule has 2 aromatic carbocycles. The summed E-state index contributed by atoms with van der Waals surface area (Å²) in [6.45, 7) is -0.101. The first-order valence-electron chi connectivity index (χ1n) is 7.85. The van der Waals surface area contributed by atoms with E-state index in [1.807, 2.05) is 24.3 Å². The first kappa shape index (κ1) is 17.4. The minimum absolute atomic E-state index is 0.101. The Hall–Kier alpha value is -2.45. The number of rotatable bonds is 7. The zero-order chi connectivity index (χ0) is 18.1. The largest absolute Gasteiger partial charge is 0.480 e. The maximum absolute atomic E-state index is 12.3. The summed E-state index contributed by atoms with van der Waals surface area (Å²) in [7, 11) is -3.74. The number of sulfonamides is 1. The van der Waals surface area contributed by atoms with Crippen molar-refractivity contribution in [1.82, 2.24) is 10.0 Å². The van der Waals surface area contributed by atoms with E-state index in [9.17, 15) is 18.0 Å². The van der Waals surface area contributed by atoms with Crippen molar-refractivity contribution < 1.29 is 23.1 Å². The van der Waals surface area contributed by atoms with E-state index in [0.717, 1.165) is 10.8 Å². The average molecular weight is 362 g/mol. The SMILES string of the molecule is O=C(CCNS(=O)(=O)c1ccc2ccccc2c1)NC1(C(=O)O)CC1. The molecule has 8 heteroatoms. The van der Waals surface area contributed by atoms with E-state index in [2.05, 4.69) is 10.0 Å². The van der Waals surface area contributed by atoms with Crippen LogP contribution in [-0.4, -0.2) is 37.5 Å². The van der Waals surface area contributed by atoms with Gasteiger partial charge in [-0.3, -0.25) is 4.79 Å². The second-order valence-corrected chi connectivity index (χ2v) is 7.86. The monoisotopic (exact) mass is 362 g/mol. The number of fused-ring (bicyclic) bond motifs is 1. The molecule has 0 saturated heterocycles. The summed E-state index contributed by atoms with van der Waals surface area (Å²) in [6, 6.07) is 12.2. The number of carboxylic acid groups (broad SMARTS) is 1. The minimum Gasteiger partial charge on any atom is -0.480 e. The summed E-state index contributed by atoms with van der Waals surface area (Å²) in [4.78, 5) is 22.9. The molecule has 132 valence electrons. The number of benzene rings is 2. The molecule has 0 unspecified atom stereocenters. The molecule has 2 aromatic rings. The lowest BCUT2D eigenvalue weighted by Gasteiger charge is -2.12. The van der Waals surface area contributed by atoms with Gasteiger partial charge in [-0.15, -0.1) is 0 Å². The van der Waals surface area contributed by atoms with Crippen LogP contribution < -0.4 is 10.0 Å². The Labute approximate surface area is 145 Å². The molecule has 25 heavy (non-hydrogen) atoms. The third-order valence-corrected chi connectivity index (χ3v) is 5.67. The molecule has 0 radical (unpaired) electrons. The molecule has 0 heterocycles. The standard InChI is InChI=1S/C17H18N2O5S/c20-15(19-17(8-9-17)16(21)22)7-10-18-25(23,24)14-6-5-12-3-1-2-4-13(12)11-14/h1-6,11,18H,7-10H2,(H,19,20)(H,21,22). The Morgan fingerprint density at radius 2 is 1.76 bits per heavy atom. The minimum atomic E-state index is -3.74. The Balaban J connectivity index is 1.59. The van der Waals surface area contributed by atoms with E-state index in [0.29, 0.717) is 12.8 Å². The van der Waals surface area contributed by atoms with Crippen molar-refractivity contribution in [1.29, 1.82) is 0 Å². The number of carbonyl (C=O) groups is 2. The van der Waals surface area contributed by atoms with Gasteiger partial charge in [-0.2, -0.15) is 0 Å². The number of aliphatic carboxylic acids is 1. The first-order valence-corrected chi connectivity index (χ1v) is 9.34. The molecular formula is C17H18N2O5S. The van der Waals surface area contributed by atoms with Crippen molar-refractivity contribution >= 4 is 32.7 Å². The number of hydrogen-bond acceptors (Lipinski definition) is 4. The van der Waals surface area contributed by atoms with Crippen molar-refractivity contribution in [2.45, 2.75) is 29.7 Å². The van der Waals surface area contributed by atoms with Crippen LogP contribution in [-0.2, 0) is 19.6 Å². The summed E-state index contributed by atoms with van der Waals surface area (Å²) in [6.07, 6.45) is 0.676. The van der Waals surface area contributed by atoms with Gasteiger partial charge in [0.15, 0.2) is 0 Å². The second kappa shape index (κ2) is 6.45. The molecular weight excluding hydrogens is 344 g/mol. The van der Waals surface area contributed by atoms with Crippen molar-refractivity contribution in [2.75, 3.05) is 6.54 Å². The molecule has 0 spiro atoms. The van der Waals surface area contributed by atoms with E-state index in [1.165, 1.54) is 6.07 Å². The van der Waals surface area contributed by atoms with E-state index >= 15 is 0 Å². The summed E-state index contributed by atoms with van der Waals surface area (Å²) >= 11 is 0. The second-order valence-electron chi connectivity index (χ2n) is 6.09. The fourth-order valence-electron chi connectivity index (χ4n) is 2.56. The summed E-state index contributed by atoms with van der Waals surface area (Å²) in [5.74, 6) is -1.54. The van der Waals surface area contributed by atoms with Gasteiger partial charge in [-0.05, 0) is 35.7 Å². The highest BCUT2D eigenvalue weighted by atomic mass is 32.2. The van der Waals surface area contributed by atoms with Crippen LogP contribution in [0.5, 0.6) is 0 Å². The third kappa shape index (κ3) is 3.80. The molecule has 0 aromatic heterocycles. The van der Waals surface area contributed by atoms with Crippen LogP contribution in [0.3, 0.4) is 0 Å². The average Bonchev–Trinajstić information content (AvgIpc) is 3.35. The normalized spacial score (nSPS) is 15.7. The third-order valence-electron chi connectivity index (χ3n) is 4.21. The molecule has 1 aliphatic carbocycles. The van der Waals surface area contributed by atoms with Gasteiger partial charge in [-0.25, -0.2) is 17.9 Å². The lowest BCUT2D eigenvalue weighted by Crippen LogP contribution is -2.44. The predicted octanol–water partition coefficient (Wildman–Crippen LogP) is 1.24. The van der Waals surface area contributed by atoms with Crippen LogP contribution in [0.2, 0.25) is 0 Å². The fourth-order valence-corrected chi connectivity index (χ4v) is 3.63. The Bertz CT molecular complexity index is 935. The quantitative estimate of drug-likeness (QED) is 0.686. The van der Waals surface area contributed by atoms with Crippen molar-refractivity contribution in [3.63, 3.8) is 0 Å². The highest BCUT2D eigenvalue weighted by molar-refractivity contribution is 7.89. The predicted molar refractivity (Wildman–Crippen MR) is 91.5 cm³/mol. The summed E-state index contributed by atoms with van der Waals surface area (Å²) in [5.41, 5.74) is -1.16. The van der Waals surface area contributed by atoms with Gasteiger partial charge in [0.25, 0.3) is 0 Å². The van der Waals surface area contributed by atoms with Crippen LogP contribution in [0, 0.1) is 0 Å². The van der Waals surface area contributed by atoms with Gasteiger partial charge in [0.2, 0.25) is 15.9 Å². The number of amides is 1. The molecule has 0 atom stereocenters. The maximum atomic E-state index is 12.3. The first-order chi connectivity index (χ1) is 11.8. The van der Waals surface area contributed by atoms with Gasteiger partial charge in [0, 0.05) is 13.0 Å². The van der Waals surface area contributed by atoms with Gasteiger partial charge in [0.1, 0.15) is 5.54 Å². The molecule has 3 N–H and O–H groups in total. The Morgan fingerprint density at radius 1 is 1.08 bits per heavy atom. The van der Waals surface area contributed by atoms with Crippen LogP contribution in [0.25, 0.3) is 10.8 Å². The molecule has 0 bridgehead atoms. The fraction of sp³-hybridized carbons (Fsp3) is 0.294. The smallest absolute Gasteiger partial charge is 0.329 e. The lowest BCUT2D eigenvalue weighted by molar-refractivity contribution is -0.143. The highest BCUT2D eigenvalue weighted by Crippen LogP contribution is 2.35. The van der Waals surface area contributed by atoms with Crippen molar-refractivity contribution in [3.8, 4) is 0 Å². The van der Waals surface area contributed by atoms with Crippen LogP contribution in [0.4, 0.5) is 0 Å². The van der Waals surface area contributed by atoms with Crippen LogP contribution in [0.1, 0.15) is 19.3 Å². The molecule has 1 fully saturated rings. The molecule has 1 amide bonds. The number of nitrogens with one attached hydrogen (secondary N) is 2. The highest BCUT2D eigenvalue weighted by Gasteiger charge is 2.51. The van der Waals surface area contributed by atoms with Gasteiger partial charge in [-0.1, -0.05) is 30.3 Å². The maximum Gasteiger partial charge on any atom is 0.329 e. The van der Waals surface area contributed by atoms with Gasteiger partial charge in [0.05, 0.1) is 4.90 Å². The van der Waals surface area contributed by atoms with E-state index in [-0.39, 0.29) is 17.9 Å². The topological polar surface area (TPSA) is 113 Å². The van der Waals surface area contributed by atoms with Crippen LogP contribution in [0.15, 0.2) is 47.4 Å². The summed E-state index contributed by atoms with van der Waals surface area (Å²) in [5, 5.41) is 13.2. The number of carboxylic acids is 1. The van der Waals surface area contributed by atoms with E-state index in [1.54, 1.807) is 12.1 Å². The zero-order valence-corrected chi connectivity index (χ0v) is 14.2. The van der Waals surface area contributed by atoms with Gasteiger partial charge < -0.3 is 10.4 Å². The number of hydrogen-bond donors (Lipinski definition) is 3.